The van der Waals surface area contributed by atoms with Crippen molar-refractivity contribution in [3.63, 3.8) is 0 Å². The molecule has 0 spiro atoms. The standard InChI is InChI=1S/C20H14N2O7S2/c23-16-10-8-12-4-3-7-18(31(27,28)29)19(12)20(16)22-21-15-9-11-17(30(24,25)26)14-6-2-1-5-13(14)15/h1-11,21H,(H,24,25,26)(H,27,28,29)/b22-20+. The minimum Gasteiger partial charge on any atom is -0.287 e. The smallest absolute Gasteiger partial charge is 0.287 e. The first-order chi connectivity index (χ1) is 14.6. The highest BCUT2D eigenvalue weighted by Gasteiger charge is 2.27. The summed E-state index contributed by atoms with van der Waals surface area (Å²) in [7, 11) is -9.10. The molecule has 9 nitrogen and oxygen atoms in total. The molecule has 0 amide bonds. The number of nitrogens with one attached hydrogen (secondary N) is 1. The predicted molar refractivity (Wildman–Crippen MR) is 114 cm³/mol. The van der Waals surface area contributed by atoms with Gasteiger partial charge >= 0.3 is 0 Å². The van der Waals surface area contributed by atoms with Gasteiger partial charge in [-0.3, -0.25) is 19.3 Å². The van der Waals surface area contributed by atoms with Gasteiger partial charge in [0.15, 0.2) is 0 Å². The molecule has 158 valence electrons. The Morgan fingerprint density at radius 3 is 2.10 bits per heavy atom. The number of carbonyl (C=O) groups excluding carboxylic acids is 1. The summed E-state index contributed by atoms with van der Waals surface area (Å²) in [5.74, 6) is -0.588. The van der Waals surface area contributed by atoms with Gasteiger partial charge in [0.25, 0.3) is 20.2 Å². The van der Waals surface area contributed by atoms with Crippen LogP contribution in [0.25, 0.3) is 16.8 Å². The van der Waals surface area contributed by atoms with Crippen LogP contribution in [-0.2, 0) is 25.0 Å². The van der Waals surface area contributed by atoms with E-state index in [2.05, 4.69) is 10.5 Å². The first-order valence-electron chi connectivity index (χ1n) is 8.73. The van der Waals surface area contributed by atoms with E-state index in [-0.39, 0.29) is 21.6 Å². The van der Waals surface area contributed by atoms with Gasteiger partial charge in [0.1, 0.15) is 15.5 Å². The second kappa shape index (κ2) is 7.39. The van der Waals surface area contributed by atoms with E-state index >= 15 is 0 Å². The van der Waals surface area contributed by atoms with Crippen molar-refractivity contribution < 1.29 is 30.7 Å². The lowest BCUT2D eigenvalue weighted by Gasteiger charge is -2.16. The number of allylic oxidation sites excluding steroid dienone is 1. The maximum Gasteiger partial charge on any atom is 0.295 e. The summed E-state index contributed by atoms with van der Waals surface area (Å²) in [5, 5.41) is 4.69. The maximum absolute atomic E-state index is 12.5. The largest absolute Gasteiger partial charge is 0.295 e. The Balaban J connectivity index is 1.87. The molecule has 4 rings (SSSR count). The third kappa shape index (κ3) is 3.86. The van der Waals surface area contributed by atoms with Crippen LogP contribution in [-0.4, -0.2) is 37.4 Å². The Hall–Kier alpha value is -3.38. The molecule has 3 aromatic carbocycles. The normalized spacial score (nSPS) is 15.3. The Kier molecular flexibility index (Phi) is 4.98. The van der Waals surface area contributed by atoms with Crippen LogP contribution in [0.2, 0.25) is 0 Å². The van der Waals surface area contributed by atoms with Crippen molar-refractivity contribution in [2.24, 2.45) is 5.10 Å². The van der Waals surface area contributed by atoms with Gasteiger partial charge in [-0.1, -0.05) is 42.5 Å². The molecule has 0 unspecified atom stereocenters. The van der Waals surface area contributed by atoms with Gasteiger partial charge in [0.05, 0.1) is 5.69 Å². The molecule has 31 heavy (non-hydrogen) atoms. The molecule has 0 bridgehead atoms. The average molecular weight is 458 g/mol. The highest BCUT2D eigenvalue weighted by Crippen LogP contribution is 2.30. The zero-order chi connectivity index (χ0) is 22.4. The zero-order valence-corrected chi connectivity index (χ0v) is 17.2. The topological polar surface area (TPSA) is 150 Å². The van der Waals surface area contributed by atoms with Gasteiger partial charge in [0.2, 0.25) is 5.78 Å². The van der Waals surface area contributed by atoms with Crippen molar-refractivity contribution in [3.8, 4) is 0 Å². The van der Waals surface area contributed by atoms with Crippen molar-refractivity contribution in [1.82, 2.24) is 0 Å². The van der Waals surface area contributed by atoms with Crippen LogP contribution in [0.4, 0.5) is 5.69 Å². The molecule has 0 saturated carbocycles. The van der Waals surface area contributed by atoms with Crippen LogP contribution in [0.3, 0.4) is 0 Å². The molecular weight excluding hydrogens is 444 g/mol. The average Bonchev–Trinajstić information content (AvgIpc) is 2.71. The molecule has 0 aromatic heterocycles. The molecule has 0 atom stereocenters. The van der Waals surface area contributed by atoms with Crippen molar-refractivity contribution >= 4 is 54.3 Å². The number of benzene rings is 3. The van der Waals surface area contributed by atoms with Crippen LogP contribution < -0.4 is 5.43 Å². The highest BCUT2D eigenvalue weighted by atomic mass is 32.2. The zero-order valence-electron chi connectivity index (χ0n) is 15.6. The van der Waals surface area contributed by atoms with E-state index in [1.807, 2.05) is 0 Å². The number of ketones is 1. The quantitative estimate of drug-likeness (QED) is 0.399. The van der Waals surface area contributed by atoms with Crippen molar-refractivity contribution in [3.05, 3.63) is 71.8 Å². The Morgan fingerprint density at radius 2 is 1.42 bits per heavy atom. The predicted octanol–water partition coefficient (Wildman–Crippen LogP) is 2.75. The van der Waals surface area contributed by atoms with Crippen LogP contribution >= 0.6 is 0 Å². The van der Waals surface area contributed by atoms with Gasteiger partial charge in [-0.25, -0.2) is 0 Å². The van der Waals surface area contributed by atoms with Crippen molar-refractivity contribution in [1.29, 1.82) is 0 Å². The van der Waals surface area contributed by atoms with E-state index in [4.69, 9.17) is 0 Å². The third-order valence-electron chi connectivity index (χ3n) is 4.67. The summed E-state index contributed by atoms with van der Waals surface area (Å²) in [4.78, 5) is 11.7. The first kappa shape index (κ1) is 20.9. The highest BCUT2D eigenvalue weighted by molar-refractivity contribution is 7.86. The van der Waals surface area contributed by atoms with E-state index in [0.29, 0.717) is 16.6 Å². The summed E-state index contributed by atoms with van der Waals surface area (Å²) in [6, 6.07) is 13.0. The lowest BCUT2D eigenvalue weighted by atomic mass is 9.95. The van der Waals surface area contributed by atoms with E-state index in [1.54, 1.807) is 24.3 Å². The second-order valence-electron chi connectivity index (χ2n) is 6.60. The van der Waals surface area contributed by atoms with Crippen LogP contribution in [0.5, 0.6) is 0 Å². The molecule has 3 aromatic rings. The Bertz CT molecular complexity index is 1520. The molecule has 3 N–H and O–H groups in total. The van der Waals surface area contributed by atoms with E-state index < -0.39 is 30.9 Å². The number of hydrogen-bond acceptors (Lipinski definition) is 7. The van der Waals surface area contributed by atoms with Gasteiger partial charge in [0, 0.05) is 16.3 Å². The molecular formula is C20H14N2O7S2. The summed E-state index contributed by atoms with van der Waals surface area (Å²) in [6.45, 7) is 0. The Labute approximate surface area is 177 Å². The lowest BCUT2D eigenvalue weighted by molar-refractivity contribution is -0.108. The van der Waals surface area contributed by atoms with Gasteiger partial charge in [-0.05, 0) is 29.8 Å². The minimum atomic E-state index is -4.63. The SMILES string of the molecule is O=C1C=Cc2cccc(S(=O)(=O)O)c2/C1=N/Nc1ccc(S(=O)(=O)O)c2ccccc12. The number of hydrazone groups is 1. The fourth-order valence-corrected chi connectivity index (χ4v) is 4.76. The van der Waals surface area contributed by atoms with Crippen LogP contribution in [0.1, 0.15) is 11.1 Å². The number of anilines is 1. The maximum atomic E-state index is 12.5. The number of hydrogen-bond donors (Lipinski definition) is 3. The van der Waals surface area contributed by atoms with Gasteiger partial charge in [-0.15, -0.1) is 0 Å². The van der Waals surface area contributed by atoms with Crippen molar-refractivity contribution in [2.75, 3.05) is 5.43 Å². The summed E-state index contributed by atoms with van der Waals surface area (Å²) < 4.78 is 65.9. The molecule has 1 aliphatic carbocycles. The molecule has 0 aliphatic heterocycles. The summed E-state index contributed by atoms with van der Waals surface area (Å²) in [5.41, 5.74) is 3.06. The number of rotatable bonds is 4. The summed E-state index contributed by atoms with van der Waals surface area (Å²) in [6.07, 6.45) is 2.64. The Morgan fingerprint density at radius 1 is 0.742 bits per heavy atom. The number of nitrogens with zero attached hydrogens (tertiary/aromatic N) is 1. The molecule has 0 saturated heterocycles. The fourth-order valence-electron chi connectivity index (χ4n) is 3.34. The van der Waals surface area contributed by atoms with Crippen LogP contribution in [0.15, 0.2) is 75.6 Å². The van der Waals surface area contributed by atoms with Crippen molar-refractivity contribution in [2.45, 2.75) is 9.79 Å². The third-order valence-corrected chi connectivity index (χ3v) is 6.48. The van der Waals surface area contributed by atoms with E-state index in [0.717, 1.165) is 6.07 Å². The summed E-state index contributed by atoms with van der Waals surface area (Å²) >= 11 is 0. The lowest BCUT2D eigenvalue weighted by Crippen LogP contribution is -2.22. The second-order valence-corrected chi connectivity index (χ2v) is 9.38. The molecule has 1 aliphatic rings. The fraction of sp³-hybridized carbons (Fsp3) is 0. The molecule has 0 radical (unpaired) electrons. The molecule has 11 heteroatoms. The number of carbonyl (C=O) groups is 1. The first-order valence-corrected chi connectivity index (χ1v) is 11.6. The molecule has 0 fully saturated rings. The van der Waals surface area contributed by atoms with Gasteiger partial charge < -0.3 is 0 Å². The van der Waals surface area contributed by atoms with E-state index in [1.165, 1.54) is 36.4 Å². The number of fused-ring (bicyclic) bond motifs is 2. The van der Waals surface area contributed by atoms with E-state index in [9.17, 15) is 30.7 Å². The van der Waals surface area contributed by atoms with Crippen LogP contribution in [0, 0.1) is 0 Å². The monoisotopic (exact) mass is 458 g/mol. The minimum absolute atomic E-state index is 0.0520. The molecule has 0 heterocycles. The van der Waals surface area contributed by atoms with Gasteiger partial charge in [-0.2, -0.15) is 21.9 Å².